The number of methoxy groups -OCH3 is 1. The van der Waals surface area contributed by atoms with Gasteiger partial charge in [-0.3, -0.25) is 9.78 Å². The predicted molar refractivity (Wildman–Crippen MR) is 186 cm³/mol. The third kappa shape index (κ3) is 6.39. The maximum Gasteiger partial charge on any atom is 0.318 e. The summed E-state index contributed by atoms with van der Waals surface area (Å²) in [5.41, 5.74) is -0.624. The molecule has 2 aromatic carbocycles. The van der Waals surface area contributed by atoms with Gasteiger partial charge in [-0.25, -0.2) is 8.78 Å². The third-order valence-corrected chi connectivity index (χ3v) is 10.4. The van der Waals surface area contributed by atoms with Gasteiger partial charge in [0.2, 0.25) is 5.91 Å². The van der Waals surface area contributed by atoms with Crippen molar-refractivity contribution in [2.45, 2.75) is 62.6 Å². The molecule has 0 radical (unpaired) electrons. The van der Waals surface area contributed by atoms with Crippen molar-refractivity contribution >= 4 is 33.4 Å². The molecule has 0 aliphatic carbocycles. The number of phenols is 1. The molecule has 50 heavy (non-hydrogen) atoms. The van der Waals surface area contributed by atoms with Gasteiger partial charge in [-0.1, -0.05) is 12.0 Å². The number of fused-ring (bicyclic) bond motifs is 5. The Kier molecular flexibility index (Phi) is 9.43. The number of nitrogens with one attached hydrogen (secondary N) is 2. The highest BCUT2D eigenvalue weighted by Gasteiger charge is 2.45. The van der Waals surface area contributed by atoms with Crippen LogP contribution >= 0.6 is 0 Å². The molecule has 13 heteroatoms. The van der Waals surface area contributed by atoms with Gasteiger partial charge in [0.15, 0.2) is 5.82 Å². The molecule has 2 bridgehead atoms. The van der Waals surface area contributed by atoms with Crippen LogP contribution in [0.2, 0.25) is 0 Å². The van der Waals surface area contributed by atoms with Gasteiger partial charge in [0.1, 0.15) is 28.6 Å². The number of aliphatic hydroxyl groups is 1. The molecule has 1 amide bonds. The number of benzene rings is 2. The molecule has 4 aliphatic heterocycles. The first-order valence-electron chi connectivity index (χ1n) is 17.2. The Bertz CT molecular complexity index is 1970. The molecule has 2 aromatic heterocycles. The van der Waals surface area contributed by atoms with E-state index in [1.807, 2.05) is 4.90 Å². The first kappa shape index (κ1) is 33.8. The summed E-state index contributed by atoms with van der Waals surface area (Å²) in [4.78, 5) is 30.0. The molecule has 11 nitrogen and oxygen atoms in total. The van der Waals surface area contributed by atoms with Crippen molar-refractivity contribution in [3.8, 4) is 35.4 Å². The van der Waals surface area contributed by atoms with Crippen LogP contribution in [0.1, 0.15) is 50.5 Å². The summed E-state index contributed by atoms with van der Waals surface area (Å²) in [5, 5.41) is 27.0. The Morgan fingerprint density at radius 2 is 2.00 bits per heavy atom. The van der Waals surface area contributed by atoms with Gasteiger partial charge in [-0.05, 0) is 75.2 Å². The van der Waals surface area contributed by atoms with Crippen molar-refractivity contribution in [3.05, 3.63) is 47.7 Å². The van der Waals surface area contributed by atoms with Gasteiger partial charge in [-0.15, -0.1) is 6.42 Å². The van der Waals surface area contributed by atoms with Gasteiger partial charge < -0.3 is 35.4 Å². The van der Waals surface area contributed by atoms with E-state index < -0.39 is 17.2 Å². The highest BCUT2D eigenvalue weighted by molar-refractivity contribution is 6.03. The SMILES string of the molecule is C#Cc1c(F)ccc2cc(O)cc(-c3ncc4c(N5C[C@H]6CC[C@@](CNC(=O)CCO)(C5)N6)nc(OC)nc4c3F)c12.C1CC2CCCN2C1. The van der Waals surface area contributed by atoms with Gasteiger partial charge in [0, 0.05) is 55.3 Å². The van der Waals surface area contributed by atoms with Gasteiger partial charge >= 0.3 is 6.01 Å². The minimum Gasteiger partial charge on any atom is -0.508 e. The number of ether oxygens (including phenoxy) is 1. The number of hydrogen-bond acceptors (Lipinski definition) is 10. The number of pyridine rings is 1. The lowest BCUT2D eigenvalue weighted by Crippen LogP contribution is -2.64. The van der Waals surface area contributed by atoms with Crippen LogP contribution in [0.4, 0.5) is 14.6 Å². The van der Waals surface area contributed by atoms with Crippen LogP contribution < -0.4 is 20.3 Å². The first-order valence-corrected chi connectivity index (χ1v) is 17.2. The van der Waals surface area contributed by atoms with Crippen LogP contribution in [-0.4, -0.2) is 100 Å². The molecular formula is C37H41F2N7O4. The summed E-state index contributed by atoms with van der Waals surface area (Å²) in [6.07, 6.45) is 14.7. The second kappa shape index (κ2) is 13.9. The van der Waals surface area contributed by atoms with Gasteiger partial charge in [0.25, 0.3) is 0 Å². The smallest absolute Gasteiger partial charge is 0.318 e. The molecule has 6 heterocycles. The average Bonchev–Trinajstić information content (AvgIpc) is 3.83. The number of aromatic nitrogens is 3. The van der Waals surface area contributed by atoms with Crippen molar-refractivity contribution in [2.24, 2.45) is 0 Å². The Balaban J connectivity index is 0.000000426. The third-order valence-electron chi connectivity index (χ3n) is 10.4. The zero-order valence-corrected chi connectivity index (χ0v) is 28.0. The molecule has 4 aromatic rings. The summed E-state index contributed by atoms with van der Waals surface area (Å²) >= 11 is 0. The van der Waals surface area contributed by atoms with E-state index in [4.69, 9.17) is 16.3 Å². The van der Waals surface area contributed by atoms with Crippen molar-refractivity contribution in [3.63, 3.8) is 0 Å². The molecular weight excluding hydrogens is 644 g/mol. The lowest BCUT2D eigenvalue weighted by molar-refractivity contribution is -0.122. The lowest BCUT2D eigenvalue weighted by atomic mass is 9.95. The average molecular weight is 686 g/mol. The van der Waals surface area contributed by atoms with Gasteiger partial charge in [-0.2, -0.15) is 9.97 Å². The van der Waals surface area contributed by atoms with Crippen molar-refractivity contribution in [1.29, 1.82) is 0 Å². The monoisotopic (exact) mass is 685 g/mol. The predicted octanol–water partition coefficient (Wildman–Crippen LogP) is 3.87. The Hall–Kier alpha value is -4.64. The molecule has 4 N–H and O–H groups in total. The Labute approximate surface area is 289 Å². The number of rotatable bonds is 7. The highest BCUT2D eigenvalue weighted by atomic mass is 19.1. The van der Waals surface area contributed by atoms with Gasteiger partial charge in [0.05, 0.1) is 30.2 Å². The maximum absolute atomic E-state index is 16.4. The largest absolute Gasteiger partial charge is 0.508 e. The van der Waals surface area contributed by atoms with Crippen molar-refractivity contribution in [2.75, 3.05) is 51.3 Å². The second-order valence-corrected chi connectivity index (χ2v) is 13.6. The number of terminal acetylenes is 1. The highest BCUT2D eigenvalue weighted by Crippen LogP contribution is 2.40. The number of nitrogens with zero attached hydrogens (tertiary/aromatic N) is 5. The van der Waals surface area contributed by atoms with E-state index >= 15 is 4.39 Å². The van der Waals surface area contributed by atoms with E-state index in [1.54, 1.807) is 0 Å². The number of aliphatic hydroxyl groups excluding tert-OH is 1. The summed E-state index contributed by atoms with van der Waals surface area (Å²) < 4.78 is 36.4. The number of anilines is 1. The summed E-state index contributed by atoms with van der Waals surface area (Å²) in [5.74, 6) is 0.888. The quantitative estimate of drug-likeness (QED) is 0.213. The van der Waals surface area contributed by atoms with Crippen LogP contribution in [0, 0.1) is 24.0 Å². The molecule has 0 spiro atoms. The zero-order valence-electron chi connectivity index (χ0n) is 28.0. The molecule has 2 atom stereocenters. The lowest BCUT2D eigenvalue weighted by Gasteiger charge is -2.42. The molecule has 0 saturated carbocycles. The van der Waals surface area contributed by atoms with Crippen LogP contribution in [0.3, 0.4) is 0 Å². The number of piperazine rings is 1. The van der Waals surface area contributed by atoms with Crippen LogP contribution in [-0.2, 0) is 4.79 Å². The van der Waals surface area contributed by atoms with E-state index in [9.17, 15) is 14.3 Å². The molecule has 4 fully saturated rings. The Morgan fingerprint density at radius 3 is 2.72 bits per heavy atom. The number of hydrogen-bond donors (Lipinski definition) is 4. The second-order valence-electron chi connectivity index (χ2n) is 13.6. The first-order chi connectivity index (χ1) is 24.2. The normalized spacial score (nSPS) is 21.6. The minimum absolute atomic E-state index is 0.0220. The van der Waals surface area contributed by atoms with Crippen molar-refractivity contribution < 1.29 is 28.5 Å². The summed E-state index contributed by atoms with van der Waals surface area (Å²) in [6, 6.07) is 6.43. The van der Waals surface area contributed by atoms with Crippen LogP contribution in [0.25, 0.3) is 32.9 Å². The number of amides is 1. The van der Waals surface area contributed by atoms with Crippen LogP contribution in [0.15, 0.2) is 30.5 Å². The van der Waals surface area contributed by atoms with E-state index in [0.717, 1.165) is 18.9 Å². The zero-order chi connectivity index (χ0) is 35.0. The molecule has 4 aliphatic rings. The van der Waals surface area contributed by atoms with E-state index in [2.05, 4.69) is 36.4 Å². The molecule has 262 valence electrons. The number of carbonyl (C=O) groups excluding carboxylic acids is 1. The number of phenolic OH excluding ortho intramolecular Hbond substituents is 1. The topological polar surface area (TPSA) is 136 Å². The fraction of sp³-hybridized carbons (Fsp3) is 0.459. The van der Waals surface area contributed by atoms with E-state index in [-0.39, 0.29) is 64.5 Å². The Morgan fingerprint density at radius 1 is 1.20 bits per heavy atom. The fourth-order valence-corrected chi connectivity index (χ4v) is 8.14. The van der Waals surface area contributed by atoms with E-state index in [1.165, 1.54) is 76.3 Å². The maximum atomic E-state index is 16.4. The minimum atomic E-state index is -0.808. The number of aromatic hydroxyl groups is 1. The molecule has 4 saturated heterocycles. The standard InChI is InChI=1S/C30H28F2N6O4.C7H13N/c1-3-19-22(31)5-4-16-10-18(40)11-20(24(16)19)26-25(32)27-21(12-33-26)28(36-29(35-27)42-2)38-13-17-6-8-30(15-38,37-17)14-34-23(41)7-9-39;1-3-7-4-2-6-8(7)5-1/h1,4-5,10-12,17,37,39-40H,6-9,13-15H2,2H3,(H,34,41);7H,1-6H2/t17-,30-;/m1./s1. The van der Waals surface area contributed by atoms with Crippen LogP contribution in [0.5, 0.6) is 11.8 Å². The summed E-state index contributed by atoms with van der Waals surface area (Å²) in [7, 11) is 1.38. The molecule has 8 rings (SSSR count). The fourth-order valence-electron chi connectivity index (χ4n) is 8.14. The van der Waals surface area contributed by atoms with E-state index in [0.29, 0.717) is 36.2 Å². The molecule has 0 unspecified atom stereocenters. The number of halogens is 2. The summed E-state index contributed by atoms with van der Waals surface area (Å²) in [6.45, 7) is 3.95. The number of carbonyl (C=O) groups is 1. The van der Waals surface area contributed by atoms with Crippen molar-refractivity contribution in [1.82, 2.24) is 30.5 Å².